The lowest BCUT2D eigenvalue weighted by Crippen LogP contribution is -2.42. The minimum Gasteiger partial charge on any atom is -0.444 e. The Balaban J connectivity index is 0.000000161. The van der Waals surface area contributed by atoms with E-state index < -0.39 is 16.4 Å². The number of amides is 5. The molecule has 2 aliphatic carbocycles. The van der Waals surface area contributed by atoms with Gasteiger partial charge in [-0.2, -0.15) is 10.2 Å². The van der Waals surface area contributed by atoms with Gasteiger partial charge in [-0.3, -0.25) is 19.2 Å². The number of hydrogen-bond donors (Lipinski definition) is 7. The summed E-state index contributed by atoms with van der Waals surface area (Å²) in [5, 5.41) is 33.9. The Morgan fingerprint density at radius 2 is 1.02 bits per heavy atom. The molecule has 0 spiro atoms. The molecule has 4 aromatic heterocycles. The van der Waals surface area contributed by atoms with Crippen LogP contribution in [0, 0.1) is 34.3 Å². The summed E-state index contributed by atoms with van der Waals surface area (Å²) in [6.07, 6.45) is 16.7. The van der Waals surface area contributed by atoms with Crippen molar-refractivity contribution in [2.24, 2.45) is 22.7 Å². The number of aromatic nitrogens is 6. The lowest BCUT2D eigenvalue weighted by Gasteiger charge is -2.33. The molecule has 8 aromatic rings. The number of nitrogens with zero attached hydrogens (tertiary/aromatic N) is 7. The lowest BCUT2D eigenvalue weighted by atomic mass is 9.77. The van der Waals surface area contributed by atoms with E-state index >= 15 is 4.39 Å². The number of nitrogens with one attached hydrogen (secondary N) is 7. The first-order valence-corrected chi connectivity index (χ1v) is 43.9. The molecule has 15 rings (SSSR count). The van der Waals surface area contributed by atoms with Gasteiger partial charge in [-0.05, 0) is 263 Å². The Labute approximate surface area is 707 Å². The third kappa shape index (κ3) is 21.2. The van der Waals surface area contributed by atoms with Crippen LogP contribution >= 0.6 is 15.9 Å². The minimum absolute atomic E-state index is 0.196. The molecule has 5 aliphatic heterocycles. The minimum atomic E-state index is -1.11. The molecule has 119 heavy (non-hydrogen) atoms. The van der Waals surface area contributed by atoms with E-state index in [2.05, 4.69) is 134 Å². The van der Waals surface area contributed by atoms with E-state index in [-0.39, 0.29) is 97.9 Å². The number of aryl methyl sites for hydroxylation is 4. The Morgan fingerprint density at radius 1 is 0.563 bits per heavy atom. The molecule has 5 saturated heterocycles. The van der Waals surface area contributed by atoms with E-state index in [9.17, 15) is 28.4 Å². The lowest BCUT2D eigenvalue weighted by molar-refractivity contribution is -0.138. The Bertz CT molecular complexity index is 4900. The van der Waals surface area contributed by atoms with E-state index in [1.165, 1.54) is 23.3 Å². The average Bonchev–Trinajstić information content (AvgIpc) is 1.65. The van der Waals surface area contributed by atoms with Crippen LogP contribution in [0.4, 0.5) is 25.0 Å². The molecule has 7 aliphatic rings. The van der Waals surface area contributed by atoms with Crippen molar-refractivity contribution in [1.82, 2.24) is 61.0 Å². The van der Waals surface area contributed by atoms with E-state index in [4.69, 9.17) is 33.5 Å². The maximum atomic E-state index is 15.1. The summed E-state index contributed by atoms with van der Waals surface area (Å²) in [5.74, 6) is -0.641. The predicted molar refractivity (Wildman–Crippen MR) is 462 cm³/mol. The number of rotatable bonds is 26. The Morgan fingerprint density at radius 3 is 1.48 bits per heavy atom. The van der Waals surface area contributed by atoms with Crippen LogP contribution in [0.25, 0.3) is 33.2 Å². The van der Waals surface area contributed by atoms with Crippen molar-refractivity contribution in [3.63, 3.8) is 0 Å². The van der Waals surface area contributed by atoms with Crippen LogP contribution in [0.5, 0.6) is 0 Å². The van der Waals surface area contributed by atoms with Crippen molar-refractivity contribution in [3.05, 3.63) is 158 Å². The van der Waals surface area contributed by atoms with Gasteiger partial charge in [-0.15, -0.1) is 0 Å². The molecule has 0 atom stereocenters. The molecule has 4 aromatic carbocycles. The smallest absolute Gasteiger partial charge is 0.444 e. The number of anilines is 2. The summed E-state index contributed by atoms with van der Waals surface area (Å²) in [5.41, 5.74) is 10.3. The van der Waals surface area contributed by atoms with E-state index in [0.29, 0.717) is 99.9 Å². The van der Waals surface area contributed by atoms with Gasteiger partial charge < -0.3 is 65.6 Å². The maximum absolute atomic E-state index is 15.1. The average molecular weight is 1700 g/mol. The molecular formula is C91H120BBrF2N14O10. The van der Waals surface area contributed by atoms with Crippen molar-refractivity contribution < 1.29 is 56.3 Å². The van der Waals surface area contributed by atoms with Crippen molar-refractivity contribution in [2.45, 2.75) is 247 Å². The number of hydrogen-bond acceptors (Lipinski definition) is 17. The number of carbonyl (C=O) groups is 5. The fourth-order valence-corrected chi connectivity index (χ4v) is 17.0. The van der Waals surface area contributed by atoms with Crippen molar-refractivity contribution in [2.75, 3.05) is 63.2 Å². The highest BCUT2D eigenvalue weighted by Crippen LogP contribution is 2.48. The van der Waals surface area contributed by atoms with Gasteiger partial charge in [0.25, 0.3) is 0 Å². The first-order valence-electron chi connectivity index (χ1n) is 43.1. The molecule has 9 heterocycles. The third-order valence-corrected chi connectivity index (χ3v) is 25.5. The highest BCUT2D eigenvalue weighted by molar-refractivity contribution is 9.10. The third-order valence-electron chi connectivity index (χ3n) is 24.9. The molecule has 5 amide bonds. The largest absolute Gasteiger partial charge is 0.494 e. The molecule has 0 radical (unpaired) electrons. The second-order valence-electron chi connectivity index (χ2n) is 35.0. The number of benzene rings is 4. The summed E-state index contributed by atoms with van der Waals surface area (Å²) in [4.78, 5) is 77.7. The summed E-state index contributed by atoms with van der Waals surface area (Å²) >= 11 is 3.17. The molecule has 638 valence electrons. The van der Waals surface area contributed by atoms with Gasteiger partial charge in [0.05, 0.1) is 50.2 Å². The molecule has 7 N–H and O–H groups in total. The number of pyridine rings is 2. The standard InChI is InChI=1S/C40H50FN7O3.C28H34BrFN6O3.C23H36BNO4/c1-3-35-32(36(46-30-12-18-51-19-13-30)33-25-45-48(4-2)37(33)47-35)24-44-39(50)40(14-15-40)38(49)43-23-28-8-9-34(41)31(22-28)29-7-5-6-27(21-29)20-26-10-16-42-17-11-26;1-3-23-19(24(34-18-7-11-39-12-8-18)20-16-33-36(4-2)25(20)35-23)15-32-27(38)28(9-10-28)26(37)31-14-17-5-6-22(30)21(29)13-17;1-21(2,3)27-20(26)25-13-11-17(12-14-25)15-18-9-8-10-19(16-18)24-28-22(4,5)23(6,7)29-24/h5-9,21-22,25-26,30,42H,3-4,10-20,23-24H2,1-2H3,(H,43,49)(H,44,50)(H,46,47);5-6,13,16,18H,3-4,7-12,14-15H2,1-2H3,(H,31,37)(H,32,38)(H,34,35);8-10,16-17H,11-15H2,1-7H3. The summed E-state index contributed by atoms with van der Waals surface area (Å²) < 4.78 is 61.8. The number of ether oxygens (including phenoxy) is 3. The number of halogens is 3. The number of likely N-dealkylation sites (tertiary alicyclic amines) is 1. The van der Waals surface area contributed by atoms with Gasteiger partial charge in [0.15, 0.2) is 11.3 Å². The molecule has 7 fully saturated rings. The molecule has 0 unspecified atom stereocenters. The quantitative estimate of drug-likeness (QED) is 0.0196. The highest BCUT2D eigenvalue weighted by atomic mass is 79.9. The summed E-state index contributed by atoms with van der Waals surface area (Å²) in [7, 11) is -0.325. The molecular weight excluding hydrogens is 1580 g/mol. The number of fused-ring (bicyclic) bond motifs is 2. The van der Waals surface area contributed by atoms with Crippen LogP contribution in [0.2, 0.25) is 0 Å². The zero-order chi connectivity index (χ0) is 84.4. The van der Waals surface area contributed by atoms with E-state index in [1.54, 1.807) is 18.2 Å². The Kier molecular flexibility index (Phi) is 28.4. The van der Waals surface area contributed by atoms with Gasteiger partial charge in [-0.1, -0.05) is 74.5 Å². The van der Waals surface area contributed by atoms with Crippen molar-refractivity contribution in [3.8, 4) is 11.1 Å². The molecule has 0 bridgehead atoms. The monoisotopic (exact) mass is 1700 g/mol. The topological polar surface area (TPSA) is 280 Å². The highest BCUT2D eigenvalue weighted by Gasteiger charge is 2.58. The van der Waals surface area contributed by atoms with Gasteiger partial charge in [0.1, 0.15) is 28.1 Å². The van der Waals surface area contributed by atoms with Gasteiger partial charge in [0.2, 0.25) is 23.6 Å². The first kappa shape index (κ1) is 87.9. The summed E-state index contributed by atoms with van der Waals surface area (Å²) in [6, 6.07) is 26.7. The number of carbonyl (C=O) groups excluding carboxylic acids is 5. The SMILES string of the molecule is CC(C)(C)OC(=O)N1CCC(Cc2cccc(B3OC(C)(C)C(C)(C)O3)c2)CC1.CCc1nc2c(cnn2CC)c(NC2CCOCC2)c1CNC(=O)C1(C(=O)NCc2ccc(F)c(-c3cccc(CC4CCNCC4)c3)c2)CC1.CCc1nc2c(cnn2CC)c(NC2CCOCC2)c1CNC(=O)C1(C(=O)NCc2ccc(F)c(Br)c2)CC1. The van der Waals surface area contributed by atoms with Gasteiger partial charge >= 0.3 is 13.2 Å². The van der Waals surface area contributed by atoms with Gasteiger partial charge in [-0.25, -0.2) is 32.9 Å². The predicted octanol–water partition coefficient (Wildman–Crippen LogP) is 14.1. The van der Waals surface area contributed by atoms with Crippen LogP contribution in [0.1, 0.15) is 198 Å². The van der Waals surface area contributed by atoms with Crippen molar-refractivity contribution >= 4 is 91.7 Å². The van der Waals surface area contributed by atoms with Crippen LogP contribution < -0.4 is 42.7 Å². The molecule has 28 heteroatoms. The fourth-order valence-electron chi connectivity index (χ4n) is 16.6. The zero-order valence-corrected chi connectivity index (χ0v) is 72.8. The van der Waals surface area contributed by atoms with Crippen LogP contribution in [-0.4, -0.2) is 153 Å². The first-order chi connectivity index (χ1) is 57.1. The molecule has 2 saturated carbocycles. The van der Waals surface area contributed by atoms with Gasteiger partial charge in [0, 0.05) is 119 Å². The van der Waals surface area contributed by atoms with Crippen LogP contribution in [0.15, 0.2) is 102 Å². The normalized spacial score (nSPS) is 18.4. The van der Waals surface area contributed by atoms with Crippen molar-refractivity contribution in [1.29, 1.82) is 0 Å². The Hall–Kier alpha value is -8.93. The van der Waals surface area contributed by atoms with E-state index in [1.807, 2.05) is 86.4 Å². The van der Waals surface area contributed by atoms with Crippen LogP contribution in [0.3, 0.4) is 0 Å². The second kappa shape index (κ2) is 38.4. The zero-order valence-electron chi connectivity index (χ0n) is 71.2. The number of piperidine rings is 2. The van der Waals surface area contributed by atoms with Crippen LogP contribution in [-0.2, 0) is 108 Å². The molecule has 24 nitrogen and oxygen atoms in total. The maximum Gasteiger partial charge on any atom is 0.494 e. The van der Waals surface area contributed by atoms with E-state index in [0.717, 1.165) is 168 Å². The fraction of sp³-hybridized carbons (Fsp3) is 0.549. The second-order valence-corrected chi connectivity index (χ2v) is 35.8. The summed E-state index contributed by atoms with van der Waals surface area (Å²) in [6.45, 7) is 31.0.